The Balaban J connectivity index is 2.64. The molecule has 1 unspecified atom stereocenters. The first kappa shape index (κ1) is 17.8. The van der Waals surface area contributed by atoms with Gasteiger partial charge in [0.1, 0.15) is 11.6 Å². The van der Waals surface area contributed by atoms with Gasteiger partial charge in [0.15, 0.2) is 0 Å². The number of amides is 2. The molecule has 2 N–H and O–H groups in total. The summed E-state index contributed by atoms with van der Waals surface area (Å²) in [7, 11) is 0. The second kappa shape index (κ2) is 7.11. The highest BCUT2D eigenvalue weighted by atomic mass is 16.6. The predicted octanol–water partition coefficient (Wildman–Crippen LogP) is 1.52. The highest BCUT2D eigenvalue weighted by Gasteiger charge is 2.32. The van der Waals surface area contributed by atoms with E-state index in [2.05, 4.69) is 5.32 Å². The van der Waals surface area contributed by atoms with E-state index in [0.717, 1.165) is 0 Å². The standard InChI is InChI=1S/C15H28N2O4/c1-10(2)12(16-14(20)21-15(3,4)5)13(19)17-8-6-11(18)7-9-17/h10-12,18H,6-9H2,1-5H3,(H,16,20). The number of aliphatic hydroxyl groups is 1. The number of aliphatic hydroxyl groups excluding tert-OH is 1. The number of piperidine rings is 1. The molecule has 1 rings (SSSR count). The van der Waals surface area contributed by atoms with E-state index in [1.54, 1.807) is 25.7 Å². The largest absolute Gasteiger partial charge is 0.444 e. The zero-order valence-electron chi connectivity index (χ0n) is 13.7. The third-order valence-corrected chi connectivity index (χ3v) is 3.38. The highest BCUT2D eigenvalue weighted by Crippen LogP contribution is 2.15. The molecular formula is C15H28N2O4. The lowest BCUT2D eigenvalue weighted by Crippen LogP contribution is -2.54. The van der Waals surface area contributed by atoms with Crippen LogP contribution in [-0.2, 0) is 9.53 Å². The van der Waals surface area contributed by atoms with Crippen molar-refractivity contribution in [2.24, 2.45) is 5.92 Å². The molecule has 1 saturated heterocycles. The summed E-state index contributed by atoms with van der Waals surface area (Å²) in [4.78, 5) is 26.1. The van der Waals surface area contributed by atoms with Gasteiger partial charge in [0.25, 0.3) is 0 Å². The number of ether oxygens (including phenoxy) is 1. The summed E-state index contributed by atoms with van der Waals surface area (Å²) in [6.07, 6.45) is 0.267. The number of likely N-dealkylation sites (tertiary alicyclic amines) is 1. The van der Waals surface area contributed by atoms with Crippen LogP contribution in [0.15, 0.2) is 0 Å². The molecule has 1 atom stereocenters. The monoisotopic (exact) mass is 300 g/mol. The Morgan fingerprint density at radius 2 is 1.76 bits per heavy atom. The van der Waals surface area contributed by atoms with Gasteiger partial charge in [-0.1, -0.05) is 13.8 Å². The van der Waals surface area contributed by atoms with Crippen LogP contribution in [-0.4, -0.2) is 52.8 Å². The molecule has 122 valence electrons. The highest BCUT2D eigenvalue weighted by molar-refractivity contribution is 5.86. The number of hydrogen-bond acceptors (Lipinski definition) is 4. The first-order chi connectivity index (χ1) is 9.60. The van der Waals surface area contributed by atoms with Crippen molar-refractivity contribution in [3.63, 3.8) is 0 Å². The smallest absolute Gasteiger partial charge is 0.408 e. The number of rotatable bonds is 3. The van der Waals surface area contributed by atoms with Gasteiger partial charge < -0.3 is 20.1 Å². The third kappa shape index (κ3) is 5.91. The van der Waals surface area contributed by atoms with E-state index in [0.29, 0.717) is 25.9 Å². The zero-order chi connectivity index (χ0) is 16.2. The second-order valence-electron chi connectivity index (χ2n) is 6.92. The molecular weight excluding hydrogens is 272 g/mol. The normalized spacial score (nSPS) is 18.5. The summed E-state index contributed by atoms with van der Waals surface area (Å²) < 4.78 is 5.21. The number of carbonyl (C=O) groups excluding carboxylic acids is 2. The summed E-state index contributed by atoms with van der Waals surface area (Å²) in [6, 6.07) is -0.602. The maximum atomic E-state index is 12.5. The molecule has 1 fully saturated rings. The summed E-state index contributed by atoms with van der Waals surface area (Å²) in [6.45, 7) is 10.2. The van der Waals surface area contributed by atoms with E-state index in [9.17, 15) is 14.7 Å². The van der Waals surface area contributed by atoms with Crippen LogP contribution in [0.4, 0.5) is 4.79 Å². The van der Waals surface area contributed by atoms with E-state index < -0.39 is 17.7 Å². The molecule has 0 aromatic heterocycles. The molecule has 0 aliphatic carbocycles. The molecule has 21 heavy (non-hydrogen) atoms. The van der Waals surface area contributed by atoms with Crippen LogP contribution in [0.25, 0.3) is 0 Å². The van der Waals surface area contributed by atoms with E-state index in [1.807, 2.05) is 13.8 Å². The Hall–Kier alpha value is -1.30. The fourth-order valence-electron chi connectivity index (χ4n) is 2.23. The maximum absolute atomic E-state index is 12.5. The van der Waals surface area contributed by atoms with Crippen molar-refractivity contribution < 1.29 is 19.4 Å². The number of alkyl carbamates (subject to hydrolysis) is 1. The fourth-order valence-corrected chi connectivity index (χ4v) is 2.23. The summed E-state index contributed by atoms with van der Waals surface area (Å²) in [5, 5.41) is 12.2. The Morgan fingerprint density at radius 3 is 2.19 bits per heavy atom. The van der Waals surface area contributed by atoms with Crippen molar-refractivity contribution in [2.75, 3.05) is 13.1 Å². The van der Waals surface area contributed by atoms with Gasteiger partial charge in [-0.15, -0.1) is 0 Å². The molecule has 6 nitrogen and oxygen atoms in total. The van der Waals surface area contributed by atoms with Gasteiger partial charge in [-0.05, 0) is 39.5 Å². The molecule has 1 heterocycles. The van der Waals surface area contributed by atoms with Crippen LogP contribution in [0, 0.1) is 5.92 Å². The minimum atomic E-state index is -0.602. The van der Waals surface area contributed by atoms with Crippen LogP contribution in [0.5, 0.6) is 0 Å². The van der Waals surface area contributed by atoms with Crippen molar-refractivity contribution in [1.82, 2.24) is 10.2 Å². The minimum Gasteiger partial charge on any atom is -0.444 e. The molecule has 0 aromatic rings. The lowest BCUT2D eigenvalue weighted by Gasteiger charge is -2.34. The third-order valence-electron chi connectivity index (χ3n) is 3.38. The Kier molecular flexibility index (Phi) is 6.01. The quantitative estimate of drug-likeness (QED) is 0.828. The van der Waals surface area contributed by atoms with Crippen LogP contribution in [0.3, 0.4) is 0 Å². The second-order valence-corrected chi connectivity index (χ2v) is 6.92. The van der Waals surface area contributed by atoms with Gasteiger partial charge in [-0.25, -0.2) is 4.79 Å². The minimum absolute atomic E-state index is 0.0307. The lowest BCUT2D eigenvalue weighted by atomic mass is 10.0. The summed E-state index contributed by atoms with van der Waals surface area (Å²) in [5.74, 6) is -0.139. The summed E-state index contributed by atoms with van der Waals surface area (Å²) in [5.41, 5.74) is -0.593. The molecule has 0 saturated carbocycles. The maximum Gasteiger partial charge on any atom is 0.408 e. The number of carbonyl (C=O) groups is 2. The molecule has 1 aliphatic heterocycles. The van der Waals surface area contributed by atoms with Gasteiger partial charge in [0.05, 0.1) is 6.10 Å². The van der Waals surface area contributed by atoms with Crippen LogP contribution < -0.4 is 5.32 Å². The topological polar surface area (TPSA) is 78.9 Å². The Labute approximate surface area is 126 Å². The van der Waals surface area contributed by atoms with E-state index in [4.69, 9.17) is 4.74 Å². The fraction of sp³-hybridized carbons (Fsp3) is 0.867. The van der Waals surface area contributed by atoms with Crippen molar-refractivity contribution in [3.05, 3.63) is 0 Å². The zero-order valence-corrected chi connectivity index (χ0v) is 13.7. The molecule has 0 bridgehead atoms. The van der Waals surface area contributed by atoms with Crippen LogP contribution in [0.2, 0.25) is 0 Å². The number of hydrogen-bond donors (Lipinski definition) is 2. The Bertz CT molecular complexity index is 368. The average Bonchev–Trinajstić information content (AvgIpc) is 2.33. The SMILES string of the molecule is CC(C)C(NC(=O)OC(C)(C)C)C(=O)N1CCC(O)CC1. The van der Waals surface area contributed by atoms with E-state index in [1.165, 1.54) is 0 Å². The van der Waals surface area contributed by atoms with Gasteiger partial charge in [0.2, 0.25) is 5.91 Å². The van der Waals surface area contributed by atoms with Gasteiger partial charge in [0, 0.05) is 13.1 Å². The van der Waals surface area contributed by atoms with Crippen molar-refractivity contribution in [2.45, 2.75) is 65.2 Å². The molecule has 2 amide bonds. The average molecular weight is 300 g/mol. The molecule has 0 radical (unpaired) electrons. The van der Waals surface area contributed by atoms with Crippen LogP contribution in [0.1, 0.15) is 47.5 Å². The first-order valence-corrected chi connectivity index (χ1v) is 7.56. The van der Waals surface area contributed by atoms with E-state index >= 15 is 0 Å². The lowest BCUT2D eigenvalue weighted by molar-refractivity contribution is -0.136. The van der Waals surface area contributed by atoms with E-state index in [-0.39, 0.29) is 17.9 Å². The summed E-state index contributed by atoms with van der Waals surface area (Å²) >= 11 is 0. The molecule has 0 aromatic carbocycles. The Morgan fingerprint density at radius 1 is 1.24 bits per heavy atom. The van der Waals surface area contributed by atoms with Crippen molar-refractivity contribution in [1.29, 1.82) is 0 Å². The number of nitrogens with zero attached hydrogens (tertiary/aromatic N) is 1. The van der Waals surface area contributed by atoms with Gasteiger partial charge >= 0.3 is 6.09 Å². The van der Waals surface area contributed by atoms with Crippen LogP contribution >= 0.6 is 0 Å². The molecule has 6 heteroatoms. The predicted molar refractivity (Wildman–Crippen MR) is 79.8 cm³/mol. The van der Waals surface area contributed by atoms with Gasteiger partial charge in [-0.3, -0.25) is 4.79 Å². The van der Waals surface area contributed by atoms with Crippen molar-refractivity contribution in [3.8, 4) is 0 Å². The van der Waals surface area contributed by atoms with Crippen molar-refractivity contribution >= 4 is 12.0 Å². The number of nitrogens with one attached hydrogen (secondary N) is 1. The first-order valence-electron chi connectivity index (χ1n) is 7.56. The molecule has 0 spiro atoms. The molecule has 1 aliphatic rings. The van der Waals surface area contributed by atoms with Gasteiger partial charge in [-0.2, -0.15) is 0 Å².